The van der Waals surface area contributed by atoms with Crippen molar-refractivity contribution >= 4 is 28.7 Å². The van der Waals surface area contributed by atoms with Crippen LogP contribution in [0.4, 0.5) is 0 Å². The Morgan fingerprint density at radius 2 is 2.39 bits per heavy atom. The van der Waals surface area contributed by atoms with Gasteiger partial charge in [-0.05, 0) is 19.1 Å². The Kier molecular flexibility index (Phi) is 4.15. The molecule has 0 N–H and O–H groups in total. The Hall–Kier alpha value is -1.62. The maximum atomic E-state index is 11.4. The highest BCUT2D eigenvalue weighted by molar-refractivity contribution is 6.16. The molecule has 0 amide bonds. The molecule has 0 aliphatic rings. The van der Waals surface area contributed by atoms with Gasteiger partial charge in [-0.3, -0.25) is 4.79 Å². The number of halogens is 1. The molecule has 2 aromatic heterocycles. The van der Waals surface area contributed by atoms with Gasteiger partial charge in [0.05, 0.1) is 18.9 Å². The van der Waals surface area contributed by atoms with Crippen LogP contribution in [-0.4, -0.2) is 27.1 Å². The second kappa shape index (κ2) is 5.82. The lowest BCUT2D eigenvalue weighted by Crippen LogP contribution is -2.11. The van der Waals surface area contributed by atoms with Gasteiger partial charge in [-0.25, -0.2) is 9.97 Å². The van der Waals surface area contributed by atoms with Crippen molar-refractivity contribution in [3.05, 3.63) is 24.2 Å². The van der Waals surface area contributed by atoms with Crippen LogP contribution in [0.25, 0.3) is 11.2 Å². The molecular formula is C12H14ClN3O2. The van der Waals surface area contributed by atoms with Crippen LogP contribution < -0.4 is 0 Å². The third kappa shape index (κ3) is 2.61. The summed E-state index contributed by atoms with van der Waals surface area (Å²) >= 11 is 5.85. The van der Waals surface area contributed by atoms with Gasteiger partial charge in [-0.1, -0.05) is 0 Å². The minimum absolute atomic E-state index is 0.226. The summed E-state index contributed by atoms with van der Waals surface area (Å²) in [4.78, 5) is 20.0. The van der Waals surface area contributed by atoms with Crippen molar-refractivity contribution < 1.29 is 9.53 Å². The molecule has 6 heteroatoms. The molecule has 0 aliphatic carbocycles. The average molecular weight is 268 g/mol. The summed E-state index contributed by atoms with van der Waals surface area (Å²) in [6, 6.07) is 3.70. The van der Waals surface area contributed by atoms with Gasteiger partial charge in [-0.2, -0.15) is 0 Å². The van der Waals surface area contributed by atoms with Crippen molar-refractivity contribution in [1.82, 2.24) is 14.5 Å². The van der Waals surface area contributed by atoms with Crippen LogP contribution in [0.15, 0.2) is 18.3 Å². The molecule has 0 spiro atoms. The third-order valence-electron chi connectivity index (χ3n) is 2.55. The molecule has 2 aromatic rings. The molecule has 0 unspecified atom stereocenters. The third-order valence-corrected chi connectivity index (χ3v) is 2.79. The van der Waals surface area contributed by atoms with Gasteiger partial charge in [-0.15, -0.1) is 11.6 Å². The van der Waals surface area contributed by atoms with E-state index < -0.39 is 0 Å². The molecule has 0 aromatic carbocycles. The lowest BCUT2D eigenvalue weighted by molar-refractivity contribution is -0.143. The molecule has 96 valence electrons. The van der Waals surface area contributed by atoms with Crippen molar-refractivity contribution in [1.29, 1.82) is 0 Å². The molecule has 0 atom stereocenters. The fraction of sp³-hybridized carbons (Fsp3) is 0.417. The quantitative estimate of drug-likeness (QED) is 0.615. The molecule has 5 nitrogen and oxygen atoms in total. The summed E-state index contributed by atoms with van der Waals surface area (Å²) in [7, 11) is 0. The number of aromatic nitrogens is 3. The SMILES string of the molecule is CCOC(=O)CCn1c(CCl)nc2cccnc21. The second-order valence-electron chi connectivity index (χ2n) is 3.71. The van der Waals surface area contributed by atoms with E-state index in [-0.39, 0.29) is 5.97 Å². The van der Waals surface area contributed by atoms with Gasteiger partial charge in [0, 0.05) is 12.7 Å². The first-order valence-electron chi connectivity index (χ1n) is 5.78. The highest BCUT2D eigenvalue weighted by Crippen LogP contribution is 2.15. The first kappa shape index (κ1) is 12.8. The molecule has 0 saturated heterocycles. The summed E-state index contributed by atoms with van der Waals surface area (Å²) in [5.74, 6) is 0.782. The summed E-state index contributed by atoms with van der Waals surface area (Å²) in [6.07, 6.45) is 1.99. The maximum Gasteiger partial charge on any atom is 0.307 e. The van der Waals surface area contributed by atoms with Gasteiger partial charge >= 0.3 is 5.97 Å². The summed E-state index contributed by atoms with van der Waals surface area (Å²) in [6.45, 7) is 2.66. The van der Waals surface area contributed by atoms with Crippen LogP contribution in [0.3, 0.4) is 0 Å². The zero-order chi connectivity index (χ0) is 13.0. The molecule has 0 radical (unpaired) electrons. The van der Waals surface area contributed by atoms with Gasteiger partial charge in [0.25, 0.3) is 0 Å². The molecule has 0 aliphatic heterocycles. The summed E-state index contributed by atoms with van der Waals surface area (Å²) in [5.41, 5.74) is 1.54. The first-order chi connectivity index (χ1) is 8.76. The topological polar surface area (TPSA) is 57.0 Å². The van der Waals surface area contributed by atoms with E-state index in [9.17, 15) is 4.79 Å². The Balaban J connectivity index is 2.23. The molecular weight excluding hydrogens is 254 g/mol. The first-order valence-corrected chi connectivity index (χ1v) is 6.31. The van der Waals surface area contributed by atoms with Crippen LogP contribution in [-0.2, 0) is 22.0 Å². The Morgan fingerprint density at radius 3 is 3.11 bits per heavy atom. The van der Waals surface area contributed by atoms with E-state index in [0.717, 1.165) is 17.0 Å². The van der Waals surface area contributed by atoms with Crippen molar-refractivity contribution in [2.45, 2.75) is 25.8 Å². The zero-order valence-electron chi connectivity index (χ0n) is 10.1. The highest BCUT2D eigenvalue weighted by atomic mass is 35.5. The largest absolute Gasteiger partial charge is 0.466 e. The van der Waals surface area contributed by atoms with Crippen molar-refractivity contribution in [2.75, 3.05) is 6.61 Å². The summed E-state index contributed by atoms with van der Waals surface area (Å²) < 4.78 is 6.76. The number of hydrogen-bond donors (Lipinski definition) is 0. The summed E-state index contributed by atoms with van der Waals surface area (Å²) in [5, 5.41) is 0. The van der Waals surface area contributed by atoms with E-state index in [1.807, 2.05) is 16.7 Å². The van der Waals surface area contributed by atoms with E-state index in [0.29, 0.717) is 25.5 Å². The number of carbonyl (C=O) groups excluding carboxylic acids is 1. The predicted octanol–water partition coefficient (Wildman–Crippen LogP) is 2.12. The van der Waals surface area contributed by atoms with Crippen molar-refractivity contribution in [3.8, 4) is 0 Å². The second-order valence-corrected chi connectivity index (χ2v) is 3.98. The Bertz CT molecular complexity index is 553. The van der Waals surface area contributed by atoms with E-state index in [1.165, 1.54) is 0 Å². The number of alkyl halides is 1. The molecule has 0 saturated carbocycles. The molecule has 2 heterocycles. The van der Waals surface area contributed by atoms with Gasteiger partial charge in [0.15, 0.2) is 5.65 Å². The Labute approximate surface area is 110 Å². The van der Waals surface area contributed by atoms with Crippen molar-refractivity contribution in [2.24, 2.45) is 0 Å². The number of hydrogen-bond acceptors (Lipinski definition) is 4. The Morgan fingerprint density at radius 1 is 1.56 bits per heavy atom. The molecule has 2 rings (SSSR count). The van der Waals surface area contributed by atoms with Crippen molar-refractivity contribution in [3.63, 3.8) is 0 Å². The normalized spacial score (nSPS) is 10.8. The zero-order valence-corrected chi connectivity index (χ0v) is 10.9. The van der Waals surface area contributed by atoms with Gasteiger partial charge in [0.1, 0.15) is 11.3 Å². The van der Waals surface area contributed by atoms with Crippen LogP contribution >= 0.6 is 11.6 Å². The smallest absolute Gasteiger partial charge is 0.307 e. The van der Waals surface area contributed by atoms with Gasteiger partial charge in [0.2, 0.25) is 0 Å². The minimum atomic E-state index is -0.226. The van der Waals surface area contributed by atoms with E-state index in [1.54, 1.807) is 13.1 Å². The number of rotatable bonds is 5. The molecule has 18 heavy (non-hydrogen) atoms. The fourth-order valence-electron chi connectivity index (χ4n) is 1.78. The lowest BCUT2D eigenvalue weighted by atomic mass is 10.4. The molecule has 0 fully saturated rings. The van der Waals surface area contributed by atoms with Crippen LogP contribution in [0, 0.1) is 0 Å². The minimum Gasteiger partial charge on any atom is -0.466 e. The lowest BCUT2D eigenvalue weighted by Gasteiger charge is -2.06. The number of esters is 1. The predicted molar refractivity (Wildman–Crippen MR) is 68.3 cm³/mol. The van der Waals surface area contributed by atoms with Crippen LogP contribution in [0.2, 0.25) is 0 Å². The fourth-order valence-corrected chi connectivity index (χ4v) is 1.98. The maximum absolute atomic E-state index is 11.4. The monoisotopic (exact) mass is 267 g/mol. The van der Waals surface area contributed by atoms with Crippen LogP contribution in [0.1, 0.15) is 19.2 Å². The molecule has 0 bridgehead atoms. The van der Waals surface area contributed by atoms with Gasteiger partial charge < -0.3 is 9.30 Å². The van der Waals surface area contributed by atoms with E-state index in [4.69, 9.17) is 16.3 Å². The number of nitrogens with zero attached hydrogens (tertiary/aromatic N) is 3. The number of ether oxygens (including phenoxy) is 1. The average Bonchev–Trinajstić information content (AvgIpc) is 2.74. The number of pyridine rings is 1. The number of carbonyl (C=O) groups is 1. The highest BCUT2D eigenvalue weighted by Gasteiger charge is 2.12. The van der Waals surface area contributed by atoms with E-state index in [2.05, 4.69) is 9.97 Å². The number of fused-ring (bicyclic) bond motifs is 1. The standard InChI is InChI=1S/C12H14ClN3O2/c1-2-18-11(17)5-7-16-10(8-13)15-9-4-3-6-14-12(9)16/h3-4,6H,2,5,7-8H2,1H3. The number of aryl methyl sites for hydroxylation is 1. The van der Waals surface area contributed by atoms with E-state index >= 15 is 0 Å². The van der Waals surface area contributed by atoms with Crippen LogP contribution in [0.5, 0.6) is 0 Å². The number of imidazole rings is 1.